The van der Waals surface area contributed by atoms with Crippen LogP contribution in [-0.4, -0.2) is 17.7 Å². The topological polar surface area (TPSA) is 41.8 Å². The molecular weight excluding hydrogens is 296 g/mol. The Balaban J connectivity index is 1.83. The van der Waals surface area contributed by atoms with Gasteiger partial charge in [0.15, 0.2) is 5.78 Å². The van der Waals surface area contributed by atoms with Crippen molar-refractivity contribution in [1.29, 1.82) is 0 Å². The van der Waals surface area contributed by atoms with Crippen molar-refractivity contribution < 1.29 is 4.79 Å². The molecule has 0 unspecified atom stereocenters. The van der Waals surface area contributed by atoms with Gasteiger partial charge in [-0.3, -0.25) is 4.79 Å². The van der Waals surface area contributed by atoms with Crippen LogP contribution in [0.4, 0.5) is 0 Å². The van der Waals surface area contributed by atoms with Crippen molar-refractivity contribution in [1.82, 2.24) is 0 Å². The Kier molecular flexibility index (Phi) is 3.60. The second-order valence-corrected chi connectivity index (χ2v) is 5.52. The minimum Gasteiger partial charge on any atom is -0.289 e. The molecule has 3 aromatic carbocycles. The van der Waals surface area contributed by atoms with E-state index in [-0.39, 0.29) is 5.78 Å². The Morgan fingerprint density at radius 1 is 0.625 bits per heavy atom. The number of fused-ring (bicyclic) bond motifs is 2. The van der Waals surface area contributed by atoms with Gasteiger partial charge in [-0.1, -0.05) is 78.9 Å². The SMILES string of the molecule is O=C1c2ccccc2C(=NN=Cc2ccccc2)c2ccccc21. The zero-order valence-electron chi connectivity index (χ0n) is 12.9. The van der Waals surface area contributed by atoms with Gasteiger partial charge in [0, 0.05) is 22.3 Å². The first-order valence-electron chi connectivity index (χ1n) is 7.74. The van der Waals surface area contributed by atoms with Crippen molar-refractivity contribution in [2.24, 2.45) is 10.2 Å². The molecular formula is C21H14N2O. The van der Waals surface area contributed by atoms with E-state index in [2.05, 4.69) is 10.2 Å². The van der Waals surface area contributed by atoms with Crippen LogP contribution in [0, 0.1) is 0 Å². The van der Waals surface area contributed by atoms with Crippen LogP contribution < -0.4 is 0 Å². The molecule has 114 valence electrons. The Morgan fingerprint density at radius 3 is 1.71 bits per heavy atom. The summed E-state index contributed by atoms with van der Waals surface area (Å²) >= 11 is 0. The summed E-state index contributed by atoms with van der Waals surface area (Å²) in [7, 11) is 0. The van der Waals surface area contributed by atoms with E-state index in [1.807, 2.05) is 78.9 Å². The molecule has 3 aromatic rings. The first kappa shape index (κ1) is 14.3. The molecule has 0 heterocycles. The van der Waals surface area contributed by atoms with Crippen molar-refractivity contribution in [3.05, 3.63) is 107 Å². The minimum atomic E-state index is 0.0344. The summed E-state index contributed by atoms with van der Waals surface area (Å²) in [6.45, 7) is 0. The molecule has 1 aliphatic rings. The predicted molar refractivity (Wildman–Crippen MR) is 96.0 cm³/mol. The van der Waals surface area contributed by atoms with E-state index in [1.165, 1.54) is 0 Å². The average Bonchev–Trinajstić information content (AvgIpc) is 2.65. The van der Waals surface area contributed by atoms with Crippen LogP contribution in [0.3, 0.4) is 0 Å². The minimum absolute atomic E-state index is 0.0344. The van der Waals surface area contributed by atoms with Crippen LogP contribution in [0.2, 0.25) is 0 Å². The second kappa shape index (κ2) is 6.05. The van der Waals surface area contributed by atoms with E-state index in [0.717, 1.165) is 22.4 Å². The molecule has 0 fully saturated rings. The highest BCUT2D eigenvalue weighted by molar-refractivity contribution is 6.30. The lowest BCUT2D eigenvalue weighted by Gasteiger charge is -2.19. The van der Waals surface area contributed by atoms with Gasteiger partial charge < -0.3 is 0 Å². The lowest BCUT2D eigenvalue weighted by atomic mass is 9.84. The summed E-state index contributed by atoms with van der Waals surface area (Å²) in [6, 6.07) is 24.9. The molecule has 0 N–H and O–H groups in total. The fraction of sp³-hybridized carbons (Fsp3) is 0. The molecule has 0 bridgehead atoms. The van der Waals surface area contributed by atoms with Crippen molar-refractivity contribution in [3.63, 3.8) is 0 Å². The maximum atomic E-state index is 12.7. The van der Waals surface area contributed by atoms with E-state index < -0.39 is 0 Å². The first-order chi connectivity index (χ1) is 11.8. The van der Waals surface area contributed by atoms with Gasteiger partial charge in [0.25, 0.3) is 0 Å². The zero-order valence-corrected chi connectivity index (χ0v) is 12.9. The molecule has 0 amide bonds. The van der Waals surface area contributed by atoms with Crippen molar-refractivity contribution in [2.45, 2.75) is 0 Å². The summed E-state index contributed by atoms with van der Waals surface area (Å²) in [4.78, 5) is 12.7. The second-order valence-electron chi connectivity index (χ2n) is 5.52. The number of rotatable bonds is 2. The third-order valence-electron chi connectivity index (χ3n) is 4.02. The van der Waals surface area contributed by atoms with Gasteiger partial charge in [0.1, 0.15) is 5.71 Å². The summed E-state index contributed by atoms with van der Waals surface area (Å²) in [6.07, 6.45) is 1.72. The fourth-order valence-electron chi connectivity index (χ4n) is 2.87. The van der Waals surface area contributed by atoms with E-state index in [4.69, 9.17) is 0 Å². The van der Waals surface area contributed by atoms with Gasteiger partial charge >= 0.3 is 0 Å². The lowest BCUT2D eigenvalue weighted by molar-refractivity contribution is 0.103. The maximum absolute atomic E-state index is 12.7. The number of benzene rings is 3. The van der Waals surface area contributed by atoms with E-state index in [0.29, 0.717) is 11.1 Å². The number of carbonyl (C=O) groups excluding carboxylic acids is 1. The predicted octanol–water partition coefficient (Wildman–Crippen LogP) is 4.10. The normalized spacial score (nSPS) is 12.8. The molecule has 0 spiro atoms. The van der Waals surface area contributed by atoms with E-state index in [9.17, 15) is 4.79 Å². The molecule has 3 nitrogen and oxygen atoms in total. The molecule has 0 atom stereocenters. The number of hydrogen-bond acceptors (Lipinski definition) is 3. The molecule has 0 saturated carbocycles. The molecule has 0 aliphatic heterocycles. The largest absolute Gasteiger partial charge is 0.289 e. The molecule has 0 aromatic heterocycles. The Morgan fingerprint density at radius 2 is 1.12 bits per heavy atom. The van der Waals surface area contributed by atoms with E-state index >= 15 is 0 Å². The summed E-state index contributed by atoms with van der Waals surface area (Å²) in [5.74, 6) is 0.0344. The molecule has 3 heteroatoms. The Bertz CT molecular complexity index is 920. The maximum Gasteiger partial charge on any atom is 0.194 e. The molecule has 0 saturated heterocycles. The van der Waals surface area contributed by atoms with Gasteiger partial charge in [0.2, 0.25) is 0 Å². The fourth-order valence-corrected chi connectivity index (χ4v) is 2.87. The first-order valence-corrected chi connectivity index (χ1v) is 7.74. The zero-order chi connectivity index (χ0) is 16.4. The average molecular weight is 310 g/mol. The third-order valence-corrected chi connectivity index (χ3v) is 4.02. The summed E-state index contributed by atoms with van der Waals surface area (Å²) in [5.41, 5.74) is 4.70. The third kappa shape index (κ3) is 2.46. The highest BCUT2D eigenvalue weighted by Crippen LogP contribution is 2.27. The Hall–Kier alpha value is -3.33. The number of nitrogens with zero attached hydrogens (tertiary/aromatic N) is 2. The van der Waals surface area contributed by atoms with Gasteiger partial charge in [-0.2, -0.15) is 5.10 Å². The summed E-state index contributed by atoms with van der Waals surface area (Å²) < 4.78 is 0. The highest BCUT2D eigenvalue weighted by Gasteiger charge is 2.27. The lowest BCUT2D eigenvalue weighted by Crippen LogP contribution is -2.21. The highest BCUT2D eigenvalue weighted by atomic mass is 16.1. The monoisotopic (exact) mass is 310 g/mol. The van der Waals surface area contributed by atoms with Crippen molar-refractivity contribution in [3.8, 4) is 0 Å². The molecule has 24 heavy (non-hydrogen) atoms. The number of ketones is 1. The number of carbonyl (C=O) groups is 1. The smallest absolute Gasteiger partial charge is 0.194 e. The van der Waals surface area contributed by atoms with Crippen molar-refractivity contribution in [2.75, 3.05) is 0 Å². The van der Waals surface area contributed by atoms with Crippen LogP contribution in [0.1, 0.15) is 32.6 Å². The van der Waals surface area contributed by atoms with Crippen LogP contribution >= 0.6 is 0 Å². The van der Waals surface area contributed by atoms with E-state index in [1.54, 1.807) is 6.21 Å². The summed E-state index contributed by atoms with van der Waals surface area (Å²) in [5, 5.41) is 8.67. The van der Waals surface area contributed by atoms with Gasteiger partial charge in [-0.15, -0.1) is 5.10 Å². The van der Waals surface area contributed by atoms with Crippen LogP contribution in [0.25, 0.3) is 0 Å². The van der Waals surface area contributed by atoms with Gasteiger partial charge in [-0.05, 0) is 5.56 Å². The van der Waals surface area contributed by atoms with Gasteiger partial charge in [0.05, 0.1) is 6.21 Å². The van der Waals surface area contributed by atoms with Crippen LogP contribution in [-0.2, 0) is 0 Å². The number of hydrogen-bond donors (Lipinski definition) is 0. The standard InChI is InChI=1S/C21H14N2O/c24-21-18-12-6-4-10-16(18)20(17-11-5-7-13-19(17)21)23-22-14-15-8-2-1-3-9-15/h1-14H. The van der Waals surface area contributed by atoms with Crippen molar-refractivity contribution >= 4 is 17.7 Å². The Labute approximate surface area is 140 Å². The van der Waals surface area contributed by atoms with Gasteiger partial charge in [-0.25, -0.2) is 0 Å². The molecule has 0 radical (unpaired) electrons. The molecule has 4 rings (SSSR count). The molecule has 1 aliphatic carbocycles. The van der Waals surface area contributed by atoms with Crippen LogP contribution in [0.5, 0.6) is 0 Å². The quantitative estimate of drug-likeness (QED) is 0.406. The van der Waals surface area contributed by atoms with Crippen LogP contribution in [0.15, 0.2) is 89.1 Å².